The number of nitrogens with zero attached hydrogens (tertiary/aromatic N) is 4. The van der Waals surface area contributed by atoms with Gasteiger partial charge in [0.25, 0.3) is 0 Å². The first-order valence-electron chi connectivity index (χ1n) is 14.4. The standard InChI is InChI=1S/C29H35F3N4O3S/c30-29(31,32)28(39)14-19-13-21(28)24-23(19)26(37)36(27(24)38)16-18-6-2-1-5-17(18)15-34-9-11-35(12-10-34)25-20-7-3-4-8-22(20)40-33-25/h3-4,7-8,17-19,21,37-39H,1-2,5-6,9-16H2/t17-,18?,19+,21+,28+/m0/s1. The predicted molar refractivity (Wildman–Crippen MR) is 147 cm³/mol. The summed E-state index contributed by atoms with van der Waals surface area (Å²) in [6, 6.07) is 8.32. The van der Waals surface area contributed by atoms with Gasteiger partial charge in [-0.1, -0.05) is 25.0 Å². The highest BCUT2D eigenvalue weighted by atomic mass is 32.1. The molecule has 0 spiro atoms. The lowest BCUT2D eigenvalue weighted by atomic mass is 9.78. The Morgan fingerprint density at radius 3 is 2.35 bits per heavy atom. The van der Waals surface area contributed by atoms with Crippen LogP contribution in [0, 0.1) is 11.8 Å². The quantitative estimate of drug-likeness (QED) is 0.377. The maximum Gasteiger partial charge on any atom is 0.417 e. The molecule has 1 aromatic carbocycles. The monoisotopic (exact) mass is 576 g/mol. The lowest BCUT2D eigenvalue weighted by molar-refractivity contribution is -0.264. The van der Waals surface area contributed by atoms with Crippen LogP contribution in [0.5, 0.6) is 11.8 Å². The molecule has 3 N–H and O–H groups in total. The summed E-state index contributed by atoms with van der Waals surface area (Å²) in [5, 5.41) is 33.9. The summed E-state index contributed by atoms with van der Waals surface area (Å²) in [5.41, 5.74) is -2.33. The number of hydrogen-bond acceptors (Lipinski definition) is 7. The number of halogens is 3. The van der Waals surface area contributed by atoms with E-state index in [1.807, 2.05) is 6.07 Å². The second kappa shape index (κ2) is 9.52. The van der Waals surface area contributed by atoms with Crippen molar-refractivity contribution in [1.29, 1.82) is 0 Å². The molecule has 1 saturated heterocycles. The molecule has 0 radical (unpaired) electrons. The fourth-order valence-corrected chi connectivity index (χ4v) is 8.89. The molecule has 1 aliphatic heterocycles. The smallest absolute Gasteiger partial charge is 0.417 e. The SMILES string of the molecule is Oc1c2c(c(O)n1CC1CCCC[C@H]1CN1CCN(c3nsc4ccccc34)CC1)[C@H]1C[C@@H]2C[C@]1(O)C(F)(F)F. The fourth-order valence-electron chi connectivity index (χ4n) is 8.10. The zero-order valence-electron chi connectivity index (χ0n) is 22.3. The maximum atomic E-state index is 13.7. The van der Waals surface area contributed by atoms with E-state index in [0.717, 1.165) is 64.2 Å². The molecule has 3 aromatic rings. The van der Waals surface area contributed by atoms with Crippen molar-refractivity contribution in [2.24, 2.45) is 11.8 Å². The summed E-state index contributed by atoms with van der Waals surface area (Å²) < 4.78 is 48.6. The van der Waals surface area contributed by atoms with Gasteiger partial charge in [0.15, 0.2) is 17.4 Å². The van der Waals surface area contributed by atoms with E-state index in [9.17, 15) is 28.5 Å². The third-order valence-corrected chi connectivity index (χ3v) is 11.0. The minimum Gasteiger partial charge on any atom is -0.494 e. The van der Waals surface area contributed by atoms with E-state index in [1.165, 1.54) is 26.2 Å². The largest absolute Gasteiger partial charge is 0.494 e. The van der Waals surface area contributed by atoms with Crippen LogP contribution in [0.1, 0.15) is 61.5 Å². The van der Waals surface area contributed by atoms with Crippen molar-refractivity contribution in [3.63, 3.8) is 0 Å². The first-order chi connectivity index (χ1) is 19.2. The number of aromatic nitrogens is 2. The van der Waals surface area contributed by atoms with Crippen molar-refractivity contribution < 1.29 is 28.5 Å². The second-order valence-corrected chi connectivity index (χ2v) is 13.1. The average Bonchev–Trinajstić information content (AvgIpc) is 3.68. The molecule has 216 valence electrons. The van der Waals surface area contributed by atoms with Gasteiger partial charge in [0.1, 0.15) is 5.82 Å². The van der Waals surface area contributed by atoms with Crippen molar-refractivity contribution >= 4 is 27.4 Å². The number of alkyl halides is 3. The Bertz CT molecular complexity index is 1420. The molecule has 1 unspecified atom stereocenters. The number of piperazine rings is 1. The van der Waals surface area contributed by atoms with Gasteiger partial charge in [0.2, 0.25) is 0 Å². The van der Waals surface area contributed by atoms with Crippen LogP contribution in [-0.2, 0) is 6.54 Å². The average molecular weight is 577 g/mol. The summed E-state index contributed by atoms with van der Waals surface area (Å²) in [4.78, 5) is 4.86. The molecule has 4 aliphatic rings. The van der Waals surface area contributed by atoms with Gasteiger partial charge in [0.05, 0.1) is 4.70 Å². The number of aromatic hydroxyl groups is 2. The van der Waals surface area contributed by atoms with E-state index in [-0.39, 0.29) is 29.7 Å². The van der Waals surface area contributed by atoms with Crippen molar-refractivity contribution in [1.82, 2.24) is 13.8 Å². The summed E-state index contributed by atoms with van der Waals surface area (Å²) in [6.45, 7) is 4.98. The molecule has 40 heavy (non-hydrogen) atoms. The molecule has 7 rings (SSSR count). The Balaban J connectivity index is 1.04. The Kier molecular flexibility index (Phi) is 6.29. The maximum absolute atomic E-state index is 13.7. The van der Waals surface area contributed by atoms with Gasteiger partial charge in [-0.2, -0.15) is 17.5 Å². The molecule has 3 fully saturated rings. The van der Waals surface area contributed by atoms with Crippen molar-refractivity contribution in [2.45, 2.75) is 68.7 Å². The summed E-state index contributed by atoms with van der Waals surface area (Å²) >= 11 is 1.54. The molecule has 7 nitrogen and oxygen atoms in total. The third kappa shape index (κ3) is 4.02. The lowest BCUT2D eigenvalue weighted by Crippen LogP contribution is -2.49. The van der Waals surface area contributed by atoms with E-state index < -0.39 is 30.0 Å². The van der Waals surface area contributed by atoms with Crippen LogP contribution >= 0.6 is 11.5 Å². The highest BCUT2D eigenvalue weighted by Gasteiger charge is 2.68. The lowest BCUT2D eigenvalue weighted by Gasteiger charge is -2.40. The highest BCUT2D eigenvalue weighted by Crippen LogP contribution is 2.67. The Morgan fingerprint density at radius 1 is 0.950 bits per heavy atom. The number of hydrogen-bond donors (Lipinski definition) is 3. The zero-order valence-corrected chi connectivity index (χ0v) is 23.1. The van der Waals surface area contributed by atoms with Gasteiger partial charge in [-0.3, -0.25) is 9.47 Å². The molecule has 0 amide bonds. The van der Waals surface area contributed by atoms with E-state index in [1.54, 1.807) is 0 Å². The molecular formula is C29H35F3N4O3S. The van der Waals surface area contributed by atoms with Crippen LogP contribution in [0.3, 0.4) is 0 Å². The fraction of sp³-hybridized carbons (Fsp3) is 0.621. The number of benzene rings is 1. The molecule has 2 bridgehead atoms. The molecule has 11 heteroatoms. The molecule has 2 aromatic heterocycles. The van der Waals surface area contributed by atoms with E-state index in [0.29, 0.717) is 18.0 Å². The van der Waals surface area contributed by atoms with Crippen LogP contribution in [0.25, 0.3) is 10.1 Å². The zero-order chi connectivity index (χ0) is 27.8. The van der Waals surface area contributed by atoms with Gasteiger partial charge < -0.3 is 20.2 Å². The van der Waals surface area contributed by atoms with E-state index >= 15 is 0 Å². The number of aliphatic hydroxyl groups is 1. The van der Waals surface area contributed by atoms with Gasteiger partial charge >= 0.3 is 6.18 Å². The van der Waals surface area contributed by atoms with Crippen molar-refractivity contribution in [3.8, 4) is 11.8 Å². The van der Waals surface area contributed by atoms with Gasteiger partial charge in [-0.05, 0) is 67.1 Å². The molecule has 3 aliphatic carbocycles. The highest BCUT2D eigenvalue weighted by molar-refractivity contribution is 7.13. The van der Waals surface area contributed by atoms with Crippen LogP contribution in [0.15, 0.2) is 24.3 Å². The van der Waals surface area contributed by atoms with E-state index in [4.69, 9.17) is 4.37 Å². The Morgan fingerprint density at radius 2 is 1.62 bits per heavy atom. The van der Waals surface area contributed by atoms with Crippen LogP contribution in [0.2, 0.25) is 0 Å². The number of fused-ring (bicyclic) bond motifs is 6. The molecular weight excluding hydrogens is 541 g/mol. The minimum absolute atomic E-state index is 0.103. The first-order valence-corrected chi connectivity index (χ1v) is 15.2. The number of rotatable bonds is 5. The summed E-state index contributed by atoms with van der Waals surface area (Å²) in [6.07, 6.45) is -0.918. The second-order valence-electron chi connectivity index (χ2n) is 12.3. The van der Waals surface area contributed by atoms with Gasteiger partial charge in [-0.15, -0.1) is 0 Å². The Hall–Kier alpha value is -2.50. The third-order valence-electron chi connectivity index (χ3n) is 10.2. The topological polar surface area (TPSA) is 85.0 Å². The molecule has 3 heterocycles. The van der Waals surface area contributed by atoms with Crippen molar-refractivity contribution in [2.75, 3.05) is 37.6 Å². The van der Waals surface area contributed by atoms with Gasteiger partial charge in [-0.25, -0.2) is 0 Å². The van der Waals surface area contributed by atoms with Gasteiger partial charge in [0, 0.05) is 61.7 Å². The first kappa shape index (κ1) is 26.4. The summed E-state index contributed by atoms with van der Waals surface area (Å²) in [5.74, 6) is -0.583. The molecule has 5 atom stereocenters. The predicted octanol–water partition coefficient (Wildman–Crippen LogP) is 5.41. The normalized spacial score (nSPS) is 30.9. The van der Waals surface area contributed by atoms with Crippen LogP contribution in [0.4, 0.5) is 19.0 Å². The van der Waals surface area contributed by atoms with Crippen LogP contribution in [-0.4, -0.2) is 73.7 Å². The summed E-state index contributed by atoms with van der Waals surface area (Å²) in [7, 11) is 0. The molecule has 2 saturated carbocycles. The Labute approximate surface area is 235 Å². The van der Waals surface area contributed by atoms with E-state index in [2.05, 4.69) is 28.0 Å². The van der Waals surface area contributed by atoms with Crippen LogP contribution < -0.4 is 4.90 Å². The minimum atomic E-state index is -4.78. The number of anilines is 1. The van der Waals surface area contributed by atoms with Crippen molar-refractivity contribution in [3.05, 3.63) is 35.4 Å².